The first-order valence-corrected chi connectivity index (χ1v) is 4.86. The highest BCUT2D eigenvalue weighted by Gasteiger charge is 2.19. The summed E-state index contributed by atoms with van der Waals surface area (Å²) in [4.78, 5) is 0. The first kappa shape index (κ1) is 8.39. The van der Waals surface area contributed by atoms with Crippen molar-refractivity contribution in [2.45, 2.75) is 5.33 Å². The standard InChI is InChI=1S/C9H6BrNO2/c10-3-6-1-2-8-9(7(6)4-11)13-5-12-8/h1-2H,3,5H2. The first-order chi connectivity index (χ1) is 6.36. The molecular weight excluding hydrogens is 234 g/mol. The van der Waals surface area contributed by atoms with Crippen LogP contribution in [0.1, 0.15) is 11.1 Å². The van der Waals surface area contributed by atoms with E-state index in [0.717, 1.165) is 5.56 Å². The van der Waals surface area contributed by atoms with Crippen LogP contribution in [0, 0.1) is 11.3 Å². The van der Waals surface area contributed by atoms with Gasteiger partial charge in [0.25, 0.3) is 0 Å². The molecule has 66 valence electrons. The van der Waals surface area contributed by atoms with Gasteiger partial charge in [-0.2, -0.15) is 5.26 Å². The predicted molar refractivity (Wildman–Crippen MR) is 49.9 cm³/mol. The Balaban J connectivity index is 2.61. The number of nitriles is 1. The van der Waals surface area contributed by atoms with Crippen molar-refractivity contribution in [1.82, 2.24) is 0 Å². The summed E-state index contributed by atoms with van der Waals surface area (Å²) in [7, 11) is 0. The van der Waals surface area contributed by atoms with Crippen molar-refractivity contribution in [2.75, 3.05) is 6.79 Å². The molecule has 0 fully saturated rings. The molecule has 1 aliphatic heterocycles. The van der Waals surface area contributed by atoms with E-state index in [4.69, 9.17) is 14.7 Å². The Morgan fingerprint density at radius 1 is 1.46 bits per heavy atom. The maximum atomic E-state index is 8.91. The van der Waals surface area contributed by atoms with Crippen LogP contribution < -0.4 is 9.47 Å². The SMILES string of the molecule is N#Cc1c(CBr)ccc2c1OCO2. The number of hydrogen-bond acceptors (Lipinski definition) is 3. The van der Waals surface area contributed by atoms with Crippen molar-refractivity contribution in [3.8, 4) is 17.6 Å². The minimum absolute atomic E-state index is 0.204. The van der Waals surface area contributed by atoms with Crippen molar-refractivity contribution in [2.24, 2.45) is 0 Å². The average Bonchev–Trinajstić information content (AvgIpc) is 2.63. The molecule has 0 amide bonds. The van der Waals surface area contributed by atoms with E-state index < -0.39 is 0 Å². The normalized spacial score (nSPS) is 12.6. The van der Waals surface area contributed by atoms with Gasteiger partial charge in [-0.3, -0.25) is 0 Å². The Hall–Kier alpha value is -1.21. The van der Waals surface area contributed by atoms with Gasteiger partial charge in [0.05, 0.1) is 0 Å². The lowest BCUT2D eigenvalue weighted by Crippen LogP contribution is -1.94. The predicted octanol–water partition coefficient (Wildman–Crippen LogP) is 2.18. The third-order valence-electron chi connectivity index (χ3n) is 1.88. The minimum Gasteiger partial charge on any atom is -0.454 e. The summed E-state index contributed by atoms with van der Waals surface area (Å²) in [6.07, 6.45) is 0. The fourth-order valence-electron chi connectivity index (χ4n) is 1.25. The van der Waals surface area contributed by atoms with Gasteiger partial charge in [0, 0.05) is 5.33 Å². The number of hydrogen-bond donors (Lipinski definition) is 0. The zero-order valence-electron chi connectivity index (χ0n) is 6.71. The summed E-state index contributed by atoms with van der Waals surface area (Å²) in [6, 6.07) is 5.79. The van der Waals surface area contributed by atoms with Gasteiger partial charge >= 0.3 is 0 Å². The van der Waals surface area contributed by atoms with Gasteiger partial charge in [-0.25, -0.2) is 0 Å². The highest BCUT2D eigenvalue weighted by molar-refractivity contribution is 9.08. The molecule has 1 aliphatic rings. The molecule has 0 aromatic heterocycles. The van der Waals surface area contributed by atoms with Gasteiger partial charge in [0.2, 0.25) is 6.79 Å². The smallest absolute Gasteiger partial charge is 0.231 e. The quantitative estimate of drug-likeness (QED) is 0.706. The van der Waals surface area contributed by atoms with E-state index >= 15 is 0 Å². The Bertz CT molecular complexity index is 384. The highest BCUT2D eigenvalue weighted by atomic mass is 79.9. The van der Waals surface area contributed by atoms with Crippen molar-refractivity contribution >= 4 is 15.9 Å². The van der Waals surface area contributed by atoms with Crippen molar-refractivity contribution < 1.29 is 9.47 Å². The number of benzene rings is 1. The molecule has 4 heteroatoms. The van der Waals surface area contributed by atoms with Gasteiger partial charge < -0.3 is 9.47 Å². The summed E-state index contributed by atoms with van der Waals surface area (Å²) >= 11 is 3.31. The molecule has 0 saturated heterocycles. The molecule has 1 aromatic carbocycles. The molecule has 0 bridgehead atoms. The van der Waals surface area contributed by atoms with Crippen LogP contribution in [0.4, 0.5) is 0 Å². The summed E-state index contributed by atoms with van der Waals surface area (Å²) in [5, 5.41) is 9.55. The van der Waals surface area contributed by atoms with Crippen LogP contribution in [0.3, 0.4) is 0 Å². The van der Waals surface area contributed by atoms with Crippen LogP contribution in [0.15, 0.2) is 12.1 Å². The number of rotatable bonds is 1. The van der Waals surface area contributed by atoms with E-state index in [9.17, 15) is 0 Å². The van der Waals surface area contributed by atoms with Gasteiger partial charge in [0.1, 0.15) is 11.6 Å². The van der Waals surface area contributed by atoms with Gasteiger partial charge in [-0.15, -0.1) is 0 Å². The molecule has 0 radical (unpaired) electrons. The zero-order chi connectivity index (χ0) is 9.26. The summed E-state index contributed by atoms with van der Waals surface area (Å²) in [5.74, 6) is 1.22. The van der Waals surface area contributed by atoms with Crippen molar-refractivity contribution in [1.29, 1.82) is 5.26 Å². The fourth-order valence-corrected chi connectivity index (χ4v) is 1.71. The van der Waals surface area contributed by atoms with E-state index in [1.165, 1.54) is 0 Å². The lowest BCUT2D eigenvalue weighted by molar-refractivity contribution is 0.173. The van der Waals surface area contributed by atoms with E-state index in [-0.39, 0.29) is 6.79 Å². The largest absolute Gasteiger partial charge is 0.454 e. The average molecular weight is 240 g/mol. The van der Waals surface area contributed by atoms with Crippen LogP contribution in [-0.4, -0.2) is 6.79 Å². The molecule has 1 aromatic rings. The number of halogens is 1. The third kappa shape index (κ3) is 1.25. The van der Waals surface area contributed by atoms with Gasteiger partial charge in [-0.1, -0.05) is 22.0 Å². The summed E-state index contributed by atoms with van der Waals surface area (Å²) in [6.45, 7) is 0.204. The molecular formula is C9H6BrNO2. The maximum Gasteiger partial charge on any atom is 0.231 e. The first-order valence-electron chi connectivity index (χ1n) is 3.74. The lowest BCUT2D eigenvalue weighted by atomic mass is 10.1. The topological polar surface area (TPSA) is 42.2 Å². The molecule has 1 heterocycles. The Morgan fingerprint density at radius 3 is 3.00 bits per heavy atom. The number of alkyl halides is 1. The molecule has 0 aliphatic carbocycles. The van der Waals surface area contributed by atoms with E-state index in [0.29, 0.717) is 22.4 Å². The fraction of sp³-hybridized carbons (Fsp3) is 0.222. The van der Waals surface area contributed by atoms with Gasteiger partial charge in [0.15, 0.2) is 11.5 Å². The molecule has 0 saturated carbocycles. The second kappa shape index (κ2) is 3.27. The number of nitrogens with zero attached hydrogens (tertiary/aromatic N) is 1. The second-order valence-corrected chi connectivity index (χ2v) is 3.14. The van der Waals surface area contributed by atoms with E-state index in [2.05, 4.69) is 22.0 Å². The molecule has 2 rings (SSSR count). The lowest BCUT2D eigenvalue weighted by Gasteiger charge is -2.02. The Labute approximate surface area is 84.0 Å². The summed E-state index contributed by atoms with van der Waals surface area (Å²) in [5.41, 5.74) is 1.48. The maximum absolute atomic E-state index is 8.91. The van der Waals surface area contributed by atoms with Crippen LogP contribution in [0.25, 0.3) is 0 Å². The molecule has 3 nitrogen and oxygen atoms in total. The molecule has 13 heavy (non-hydrogen) atoms. The molecule has 0 spiro atoms. The zero-order valence-corrected chi connectivity index (χ0v) is 8.30. The number of fused-ring (bicyclic) bond motifs is 1. The van der Waals surface area contributed by atoms with Crippen LogP contribution >= 0.6 is 15.9 Å². The molecule has 0 N–H and O–H groups in total. The second-order valence-electron chi connectivity index (χ2n) is 2.58. The van der Waals surface area contributed by atoms with Crippen molar-refractivity contribution in [3.05, 3.63) is 23.3 Å². The summed E-state index contributed by atoms with van der Waals surface area (Å²) < 4.78 is 10.3. The van der Waals surface area contributed by atoms with Gasteiger partial charge in [-0.05, 0) is 11.6 Å². The van der Waals surface area contributed by atoms with Crippen LogP contribution in [0.5, 0.6) is 11.5 Å². The molecule has 0 unspecified atom stereocenters. The Kier molecular flexibility index (Phi) is 2.11. The van der Waals surface area contributed by atoms with E-state index in [1.54, 1.807) is 0 Å². The Morgan fingerprint density at radius 2 is 2.31 bits per heavy atom. The number of ether oxygens (including phenoxy) is 2. The third-order valence-corrected chi connectivity index (χ3v) is 2.49. The van der Waals surface area contributed by atoms with E-state index in [1.807, 2.05) is 12.1 Å². The highest BCUT2D eigenvalue weighted by Crippen LogP contribution is 2.37. The monoisotopic (exact) mass is 239 g/mol. The van der Waals surface area contributed by atoms with Crippen molar-refractivity contribution in [3.63, 3.8) is 0 Å². The van der Waals surface area contributed by atoms with Crippen LogP contribution in [0.2, 0.25) is 0 Å². The minimum atomic E-state index is 0.204. The molecule has 0 atom stereocenters. The van der Waals surface area contributed by atoms with Crippen LogP contribution in [-0.2, 0) is 5.33 Å².